The molecule has 3 nitrogen and oxygen atoms in total. The smallest absolute Gasteiger partial charge is 0.118 e. The van der Waals surface area contributed by atoms with E-state index in [-0.39, 0.29) is 5.41 Å². The molecule has 0 spiro atoms. The summed E-state index contributed by atoms with van der Waals surface area (Å²) in [6.45, 7) is 7.43. The Balaban J connectivity index is 2.21. The normalized spacial score (nSPS) is 35.4. The van der Waals surface area contributed by atoms with Crippen molar-refractivity contribution >= 4 is 0 Å². The lowest BCUT2D eigenvalue weighted by Gasteiger charge is -2.53. The molecule has 2 N–H and O–H groups in total. The van der Waals surface area contributed by atoms with Gasteiger partial charge >= 0.3 is 0 Å². The fourth-order valence-electron chi connectivity index (χ4n) is 4.75. The Morgan fingerprint density at radius 2 is 1.95 bits per heavy atom. The van der Waals surface area contributed by atoms with Crippen molar-refractivity contribution in [2.75, 3.05) is 13.6 Å². The summed E-state index contributed by atoms with van der Waals surface area (Å²) in [6.07, 6.45) is 5.53. The number of aromatic hydroxyl groups is 1. The number of aliphatic hydroxyl groups is 1. The maximum Gasteiger partial charge on any atom is 0.118 e. The van der Waals surface area contributed by atoms with E-state index >= 15 is 0 Å². The summed E-state index contributed by atoms with van der Waals surface area (Å²) in [6, 6.07) is 4.23. The van der Waals surface area contributed by atoms with Gasteiger partial charge in [0, 0.05) is 17.4 Å². The molecule has 0 saturated carbocycles. The molecule has 120 valence electrons. The van der Waals surface area contributed by atoms with Crippen molar-refractivity contribution in [3.05, 3.63) is 41.0 Å². The van der Waals surface area contributed by atoms with Crippen LogP contribution in [-0.2, 0) is 5.41 Å². The van der Waals surface area contributed by atoms with Crippen molar-refractivity contribution in [1.82, 2.24) is 4.90 Å². The molecule has 1 aliphatic carbocycles. The van der Waals surface area contributed by atoms with E-state index in [2.05, 4.69) is 31.9 Å². The zero-order chi connectivity index (χ0) is 16.1. The number of aryl methyl sites for hydroxylation is 1. The summed E-state index contributed by atoms with van der Waals surface area (Å²) in [4.78, 5) is 2.40. The first kappa shape index (κ1) is 15.6. The minimum Gasteiger partial charge on any atom is -0.508 e. The Morgan fingerprint density at radius 3 is 2.68 bits per heavy atom. The van der Waals surface area contributed by atoms with Crippen LogP contribution < -0.4 is 0 Å². The summed E-state index contributed by atoms with van der Waals surface area (Å²) < 4.78 is 0. The van der Waals surface area contributed by atoms with Gasteiger partial charge < -0.3 is 15.1 Å². The largest absolute Gasteiger partial charge is 0.508 e. The van der Waals surface area contributed by atoms with Crippen LogP contribution in [0.2, 0.25) is 0 Å². The SMILES string of the molecule is Cc1ccc(O)c(C)c1[C@]12CCN(C)[C@H](C)[C@@H]1C=C[C@H](O)C2. The van der Waals surface area contributed by atoms with Crippen molar-refractivity contribution in [1.29, 1.82) is 0 Å². The second kappa shape index (κ2) is 5.39. The Hall–Kier alpha value is -1.32. The standard InChI is InChI=1S/C19H27NO2/c1-12-5-8-17(22)13(2)18(12)19-9-10-20(4)14(3)16(19)7-6-15(21)11-19/h5-8,14-16,21-22H,9-11H2,1-4H3/t14-,15+,16+,19+/m1/s1. The topological polar surface area (TPSA) is 43.7 Å². The molecule has 0 bridgehead atoms. The molecular weight excluding hydrogens is 274 g/mol. The number of benzene rings is 1. The minimum absolute atomic E-state index is 0.0764. The number of phenolic OH excluding ortho intramolecular Hbond substituents is 1. The van der Waals surface area contributed by atoms with Gasteiger partial charge in [-0.15, -0.1) is 0 Å². The summed E-state index contributed by atoms with van der Waals surface area (Å²) in [5.74, 6) is 0.734. The molecule has 1 fully saturated rings. The second-order valence-corrected chi connectivity index (χ2v) is 7.21. The second-order valence-electron chi connectivity index (χ2n) is 7.21. The number of hydrogen-bond acceptors (Lipinski definition) is 3. The minimum atomic E-state index is -0.395. The van der Waals surface area contributed by atoms with Crippen LogP contribution in [0.15, 0.2) is 24.3 Å². The monoisotopic (exact) mass is 301 g/mol. The van der Waals surface area contributed by atoms with Crippen LogP contribution in [0.25, 0.3) is 0 Å². The third-order valence-corrected chi connectivity index (χ3v) is 6.02. The average molecular weight is 301 g/mol. The quantitative estimate of drug-likeness (QED) is 0.784. The number of phenols is 1. The number of fused-ring (bicyclic) bond motifs is 1. The van der Waals surface area contributed by atoms with Crippen LogP contribution in [0.5, 0.6) is 5.75 Å². The van der Waals surface area contributed by atoms with Crippen molar-refractivity contribution < 1.29 is 10.2 Å². The van der Waals surface area contributed by atoms with Gasteiger partial charge in [0.05, 0.1) is 6.10 Å². The zero-order valence-corrected chi connectivity index (χ0v) is 14.0. The van der Waals surface area contributed by atoms with Crippen LogP contribution in [0.4, 0.5) is 0 Å². The Labute approximate surface area is 133 Å². The van der Waals surface area contributed by atoms with E-state index in [9.17, 15) is 10.2 Å². The number of rotatable bonds is 1. The van der Waals surface area contributed by atoms with Crippen LogP contribution in [0.1, 0.15) is 36.5 Å². The van der Waals surface area contributed by atoms with Gasteiger partial charge in [-0.05, 0) is 70.0 Å². The number of aliphatic hydroxyl groups excluding tert-OH is 1. The predicted octanol–water partition coefficient (Wildman–Crippen LogP) is 2.91. The molecule has 0 radical (unpaired) electrons. The molecular formula is C19H27NO2. The first-order chi connectivity index (χ1) is 10.4. The first-order valence-electron chi connectivity index (χ1n) is 8.23. The van der Waals surface area contributed by atoms with Crippen LogP contribution in [0, 0.1) is 19.8 Å². The molecule has 1 aromatic rings. The maximum absolute atomic E-state index is 10.3. The lowest BCUT2D eigenvalue weighted by molar-refractivity contribution is 0.0381. The van der Waals surface area contributed by atoms with E-state index in [1.54, 1.807) is 6.07 Å². The summed E-state index contributed by atoms with van der Waals surface area (Å²) >= 11 is 0. The third kappa shape index (κ3) is 2.19. The van der Waals surface area contributed by atoms with E-state index < -0.39 is 6.10 Å². The lowest BCUT2D eigenvalue weighted by atomic mass is 9.57. The number of nitrogens with zero attached hydrogens (tertiary/aromatic N) is 1. The highest BCUT2D eigenvalue weighted by atomic mass is 16.3. The highest BCUT2D eigenvalue weighted by molar-refractivity contribution is 5.49. The molecule has 2 aliphatic rings. The lowest BCUT2D eigenvalue weighted by Crippen LogP contribution is -2.56. The Kier molecular flexibility index (Phi) is 3.82. The van der Waals surface area contributed by atoms with Gasteiger partial charge in [0.2, 0.25) is 0 Å². The van der Waals surface area contributed by atoms with Gasteiger partial charge in [0.1, 0.15) is 5.75 Å². The van der Waals surface area contributed by atoms with Gasteiger partial charge in [0.25, 0.3) is 0 Å². The molecule has 0 aromatic heterocycles. The van der Waals surface area contributed by atoms with Crippen molar-refractivity contribution in [3.8, 4) is 5.75 Å². The van der Waals surface area contributed by atoms with E-state index in [1.165, 1.54) is 11.1 Å². The van der Waals surface area contributed by atoms with E-state index in [1.807, 2.05) is 19.1 Å². The highest BCUT2D eigenvalue weighted by Gasteiger charge is 2.49. The van der Waals surface area contributed by atoms with Crippen molar-refractivity contribution in [2.45, 2.75) is 51.2 Å². The molecule has 4 atom stereocenters. The number of likely N-dealkylation sites (tertiary alicyclic amines) is 1. The summed E-state index contributed by atoms with van der Waals surface area (Å²) in [7, 11) is 2.18. The molecule has 1 aromatic carbocycles. The van der Waals surface area contributed by atoms with Gasteiger partial charge in [-0.2, -0.15) is 0 Å². The van der Waals surface area contributed by atoms with Crippen LogP contribution in [-0.4, -0.2) is 40.9 Å². The van der Waals surface area contributed by atoms with E-state index in [4.69, 9.17) is 0 Å². The van der Waals surface area contributed by atoms with Crippen molar-refractivity contribution in [2.24, 2.45) is 5.92 Å². The molecule has 1 saturated heterocycles. The van der Waals surface area contributed by atoms with E-state index in [0.29, 0.717) is 17.7 Å². The number of piperidine rings is 1. The predicted molar refractivity (Wildman–Crippen MR) is 89.2 cm³/mol. The Bertz CT molecular complexity index is 610. The summed E-state index contributed by atoms with van der Waals surface area (Å²) in [5, 5.41) is 20.5. The third-order valence-electron chi connectivity index (χ3n) is 6.02. The molecule has 3 rings (SSSR count). The van der Waals surface area contributed by atoms with Crippen LogP contribution in [0.3, 0.4) is 0 Å². The first-order valence-corrected chi connectivity index (χ1v) is 8.23. The fraction of sp³-hybridized carbons (Fsp3) is 0.579. The molecule has 1 aliphatic heterocycles. The van der Waals surface area contributed by atoms with Gasteiger partial charge in [-0.1, -0.05) is 18.2 Å². The molecule has 22 heavy (non-hydrogen) atoms. The molecule has 1 heterocycles. The average Bonchev–Trinajstić information content (AvgIpc) is 2.47. The number of hydrogen-bond donors (Lipinski definition) is 2. The van der Waals surface area contributed by atoms with Crippen LogP contribution >= 0.6 is 0 Å². The van der Waals surface area contributed by atoms with Gasteiger partial charge in [0.15, 0.2) is 0 Å². The maximum atomic E-state index is 10.3. The Morgan fingerprint density at radius 1 is 1.23 bits per heavy atom. The van der Waals surface area contributed by atoms with Crippen molar-refractivity contribution in [3.63, 3.8) is 0 Å². The highest BCUT2D eigenvalue weighted by Crippen LogP contribution is 2.51. The van der Waals surface area contributed by atoms with Gasteiger partial charge in [-0.3, -0.25) is 0 Å². The summed E-state index contributed by atoms with van der Waals surface area (Å²) in [5.41, 5.74) is 3.37. The molecule has 0 amide bonds. The van der Waals surface area contributed by atoms with Gasteiger partial charge in [-0.25, -0.2) is 0 Å². The van der Waals surface area contributed by atoms with E-state index in [0.717, 1.165) is 24.9 Å². The zero-order valence-electron chi connectivity index (χ0n) is 14.0. The molecule has 3 heteroatoms. The fourth-order valence-corrected chi connectivity index (χ4v) is 4.75. The molecule has 0 unspecified atom stereocenters.